The highest BCUT2D eigenvalue weighted by Crippen LogP contribution is 2.18. The molecule has 0 radical (unpaired) electrons. The molecule has 1 aromatic carbocycles. The van der Waals surface area contributed by atoms with Crippen molar-refractivity contribution in [1.29, 1.82) is 0 Å². The van der Waals surface area contributed by atoms with Crippen molar-refractivity contribution in [3.05, 3.63) is 24.3 Å². The SMILES string of the molecule is CC(CC1CCCN1)Nc1cccc(NC(N)=O)c1. The summed E-state index contributed by atoms with van der Waals surface area (Å²) in [6.45, 7) is 3.31. The molecule has 5 heteroatoms. The van der Waals surface area contributed by atoms with Gasteiger partial charge >= 0.3 is 6.03 Å². The van der Waals surface area contributed by atoms with E-state index >= 15 is 0 Å². The van der Waals surface area contributed by atoms with Crippen LogP contribution >= 0.6 is 0 Å². The number of benzene rings is 1. The molecule has 1 aliphatic rings. The third-order valence-corrected chi connectivity index (χ3v) is 3.34. The molecule has 19 heavy (non-hydrogen) atoms. The molecule has 0 aliphatic carbocycles. The highest BCUT2D eigenvalue weighted by molar-refractivity contribution is 5.88. The molecule has 0 aromatic heterocycles. The monoisotopic (exact) mass is 262 g/mol. The molecule has 0 spiro atoms. The van der Waals surface area contributed by atoms with Gasteiger partial charge in [-0.15, -0.1) is 0 Å². The lowest BCUT2D eigenvalue weighted by molar-refractivity contribution is 0.259. The fourth-order valence-electron chi connectivity index (χ4n) is 2.56. The maximum absolute atomic E-state index is 10.8. The second-order valence-electron chi connectivity index (χ2n) is 5.14. The Balaban J connectivity index is 1.88. The van der Waals surface area contributed by atoms with E-state index < -0.39 is 6.03 Å². The van der Waals surface area contributed by atoms with E-state index in [9.17, 15) is 4.79 Å². The average Bonchev–Trinajstić information content (AvgIpc) is 2.81. The van der Waals surface area contributed by atoms with E-state index in [4.69, 9.17) is 5.73 Å². The van der Waals surface area contributed by atoms with Crippen LogP contribution in [0.5, 0.6) is 0 Å². The predicted molar refractivity (Wildman–Crippen MR) is 78.4 cm³/mol. The van der Waals surface area contributed by atoms with Crippen LogP contribution in [0.4, 0.5) is 16.2 Å². The van der Waals surface area contributed by atoms with Crippen LogP contribution in [0.25, 0.3) is 0 Å². The maximum Gasteiger partial charge on any atom is 0.316 e. The van der Waals surface area contributed by atoms with Gasteiger partial charge in [-0.2, -0.15) is 0 Å². The topological polar surface area (TPSA) is 79.2 Å². The molecule has 0 bridgehead atoms. The maximum atomic E-state index is 10.8. The summed E-state index contributed by atoms with van der Waals surface area (Å²) in [5.41, 5.74) is 6.81. The molecule has 1 heterocycles. The van der Waals surface area contributed by atoms with Gasteiger partial charge in [0.2, 0.25) is 0 Å². The number of hydrogen-bond donors (Lipinski definition) is 4. The van der Waals surface area contributed by atoms with Crippen LogP contribution in [0.15, 0.2) is 24.3 Å². The summed E-state index contributed by atoms with van der Waals surface area (Å²) in [7, 11) is 0. The molecule has 2 amide bonds. The first-order chi connectivity index (χ1) is 9.13. The van der Waals surface area contributed by atoms with Crippen molar-refractivity contribution in [2.45, 2.75) is 38.3 Å². The van der Waals surface area contributed by atoms with Gasteiger partial charge in [-0.3, -0.25) is 0 Å². The largest absolute Gasteiger partial charge is 0.382 e. The molecule has 2 atom stereocenters. The number of anilines is 2. The summed E-state index contributed by atoms with van der Waals surface area (Å²) in [5.74, 6) is 0. The standard InChI is InChI=1S/C14H22N4O/c1-10(8-11-6-3-7-16-11)17-12-4-2-5-13(9-12)18-14(15)19/h2,4-5,9-11,16-17H,3,6-8H2,1H3,(H3,15,18,19). The highest BCUT2D eigenvalue weighted by Gasteiger charge is 2.16. The number of nitrogens with two attached hydrogens (primary N) is 1. The van der Waals surface area contributed by atoms with Gasteiger partial charge in [-0.25, -0.2) is 4.79 Å². The van der Waals surface area contributed by atoms with Gasteiger partial charge < -0.3 is 21.7 Å². The fourth-order valence-corrected chi connectivity index (χ4v) is 2.56. The summed E-state index contributed by atoms with van der Waals surface area (Å²) in [5, 5.41) is 9.53. The van der Waals surface area contributed by atoms with E-state index in [0.717, 1.165) is 18.7 Å². The van der Waals surface area contributed by atoms with Crippen molar-refractivity contribution in [2.75, 3.05) is 17.2 Å². The average molecular weight is 262 g/mol. The minimum atomic E-state index is -0.541. The molecule has 1 aromatic rings. The summed E-state index contributed by atoms with van der Waals surface area (Å²) in [6, 6.07) is 8.07. The molecule has 0 saturated carbocycles. The Morgan fingerprint density at radius 2 is 2.32 bits per heavy atom. The van der Waals surface area contributed by atoms with Crippen molar-refractivity contribution in [2.24, 2.45) is 5.73 Å². The molecule has 2 rings (SSSR count). The second kappa shape index (κ2) is 6.43. The summed E-state index contributed by atoms with van der Waals surface area (Å²) in [4.78, 5) is 10.8. The first-order valence-electron chi connectivity index (χ1n) is 6.80. The van der Waals surface area contributed by atoms with Crippen molar-refractivity contribution in [3.8, 4) is 0 Å². The van der Waals surface area contributed by atoms with Crippen molar-refractivity contribution in [1.82, 2.24) is 5.32 Å². The molecular formula is C14H22N4O. The zero-order valence-corrected chi connectivity index (χ0v) is 11.3. The van der Waals surface area contributed by atoms with Crippen molar-refractivity contribution < 1.29 is 4.79 Å². The highest BCUT2D eigenvalue weighted by atomic mass is 16.2. The number of rotatable bonds is 5. The van der Waals surface area contributed by atoms with Crippen LogP contribution in [0.3, 0.4) is 0 Å². The van der Waals surface area contributed by atoms with Crippen LogP contribution < -0.4 is 21.7 Å². The number of carbonyl (C=O) groups is 1. The molecule has 5 N–H and O–H groups in total. The summed E-state index contributed by atoms with van der Waals surface area (Å²) >= 11 is 0. The van der Waals surface area contributed by atoms with Crippen molar-refractivity contribution in [3.63, 3.8) is 0 Å². The van der Waals surface area contributed by atoms with E-state index in [1.807, 2.05) is 24.3 Å². The minimum absolute atomic E-state index is 0.388. The summed E-state index contributed by atoms with van der Waals surface area (Å²) in [6.07, 6.45) is 3.64. The van der Waals surface area contributed by atoms with E-state index in [2.05, 4.69) is 22.9 Å². The molecule has 104 valence electrons. The predicted octanol–water partition coefficient (Wildman–Crippen LogP) is 2.12. The molecule has 1 saturated heterocycles. The molecule has 5 nitrogen and oxygen atoms in total. The molecule has 2 unspecified atom stereocenters. The van der Waals surface area contributed by atoms with Gasteiger partial charge in [-0.05, 0) is 50.9 Å². The Labute approximate surface area is 113 Å². The fraction of sp³-hybridized carbons (Fsp3) is 0.500. The lowest BCUT2D eigenvalue weighted by atomic mass is 10.1. The number of primary amides is 1. The first-order valence-corrected chi connectivity index (χ1v) is 6.80. The molecular weight excluding hydrogens is 240 g/mol. The van der Waals surface area contributed by atoms with Gasteiger partial charge in [0.05, 0.1) is 0 Å². The van der Waals surface area contributed by atoms with E-state index in [1.54, 1.807) is 0 Å². The van der Waals surface area contributed by atoms with Crippen LogP contribution in [0.1, 0.15) is 26.2 Å². The Kier molecular flexibility index (Phi) is 4.63. The van der Waals surface area contributed by atoms with Crippen LogP contribution in [0, 0.1) is 0 Å². The van der Waals surface area contributed by atoms with Gasteiger partial charge in [-0.1, -0.05) is 6.07 Å². The zero-order chi connectivity index (χ0) is 13.7. The van der Waals surface area contributed by atoms with Gasteiger partial charge in [0.15, 0.2) is 0 Å². The number of hydrogen-bond acceptors (Lipinski definition) is 3. The second-order valence-corrected chi connectivity index (χ2v) is 5.14. The minimum Gasteiger partial charge on any atom is -0.382 e. The normalized spacial score (nSPS) is 19.9. The third kappa shape index (κ3) is 4.44. The Morgan fingerprint density at radius 1 is 1.53 bits per heavy atom. The van der Waals surface area contributed by atoms with Crippen LogP contribution in [0.2, 0.25) is 0 Å². The number of carbonyl (C=O) groups excluding carboxylic acids is 1. The lowest BCUT2D eigenvalue weighted by Gasteiger charge is -2.19. The van der Waals surface area contributed by atoms with Gasteiger partial charge in [0, 0.05) is 23.5 Å². The van der Waals surface area contributed by atoms with Gasteiger partial charge in [0.25, 0.3) is 0 Å². The Hall–Kier alpha value is -1.75. The lowest BCUT2D eigenvalue weighted by Crippen LogP contribution is -2.29. The molecule has 1 aliphatic heterocycles. The summed E-state index contributed by atoms with van der Waals surface area (Å²) < 4.78 is 0. The zero-order valence-electron chi connectivity index (χ0n) is 11.3. The van der Waals surface area contributed by atoms with E-state index in [1.165, 1.54) is 12.8 Å². The Morgan fingerprint density at radius 3 is 3.00 bits per heavy atom. The van der Waals surface area contributed by atoms with E-state index in [0.29, 0.717) is 17.8 Å². The van der Waals surface area contributed by atoms with Crippen molar-refractivity contribution >= 4 is 17.4 Å². The third-order valence-electron chi connectivity index (χ3n) is 3.34. The van der Waals surface area contributed by atoms with Gasteiger partial charge in [0.1, 0.15) is 0 Å². The molecule has 1 fully saturated rings. The smallest absolute Gasteiger partial charge is 0.316 e. The van der Waals surface area contributed by atoms with E-state index in [-0.39, 0.29) is 0 Å². The first kappa shape index (κ1) is 13.7. The Bertz CT molecular complexity index is 429. The van der Waals surface area contributed by atoms with Crippen LogP contribution in [-0.4, -0.2) is 24.7 Å². The number of nitrogens with one attached hydrogen (secondary N) is 3. The number of amides is 2. The number of urea groups is 1. The van der Waals surface area contributed by atoms with Crippen LogP contribution in [-0.2, 0) is 0 Å². The quantitative estimate of drug-likeness (QED) is 0.656.